The zero-order valence-corrected chi connectivity index (χ0v) is 15.5. The van der Waals surface area contributed by atoms with Crippen molar-refractivity contribution in [3.8, 4) is 0 Å². The summed E-state index contributed by atoms with van der Waals surface area (Å²) in [6.07, 6.45) is 8.38. The van der Waals surface area contributed by atoms with Crippen LogP contribution in [0, 0.1) is 5.92 Å². The van der Waals surface area contributed by atoms with E-state index in [0.29, 0.717) is 19.0 Å². The van der Waals surface area contributed by atoms with Gasteiger partial charge in [0.1, 0.15) is 12.4 Å². The highest BCUT2D eigenvalue weighted by Gasteiger charge is 2.37. The molecule has 2 amide bonds. The summed E-state index contributed by atoms with van der Waals surface area (Å²) in [7, 11) is 0. The molecule has 0 spiro atoms. The van der Waals surface area contributed by atoms with Crippen molar-refractivity contribution in [3.05, 3.63) is 12.2 Å². The molecule has 0 radical (unpaired) electrons. The average Bonchev–Trinajstić information content (AvgIpc) is 3.07. The lowest BCUT2D eigenvalue weighted by molar-refractivity contribution is -0.128. The maximum Gasteiger partial charge on any atom is 0.294 e. The monoisotopic (exact) mass is 347 g/mol. The number of aromatic nitrogens is 3. The van der Waals surface area contributed by atoms with E-state index >= 15 is 0 Å². The van der Waals surface area contributed by atoms with Crippen LogP contribution in [0.25, 0.3) is 0 Å². The van der Waals surface area contributed by atoms with Gasteiger partial charge in [0.15, 0.2) is 0 Å². The van der Waals surface area contributed by atoms with Crippen LogP contribution >= 0.6 is 0 Å². The average molecular weight is 347 g/mol. The van der Waals surface area contributed by atoms with Gasteiger partial charge in [0.25, 0.3) is 5.91 Å². The Morgan fingerprint density at radius 2 is 2.00 bits per heavy atom. The molecule has 7 heteroatoms. The first-order valence-electron chi connectivity index (χ1n) is 9.37. The van der Waals surface area contributed by atoms with Gasteiger partial charge in [-0.05, 0) is 33.1 Å². The first-order valence-corrected chi connectivity index (χ1v) is 9.37. The van der Waals surface area contributed by atoms with Gasteiger partial charge < -0.3 is 10.2 Å². The van der Waals surface area contributed by atoms with Crippen molar-refractivity contribution >= 4 is 11.8 Å². The number of rotatable bonds is 3. The number of piperazine rings is 1. The minimum atomic E-state index is -0.397. The zero-order valence-electron chi connectivity index (χ0n) is 15.5. The smallest absolute Gasteiger partial charge is 0.294 e. The van der Waals surface area contributed by atoms with Crippen molar-refractivity contribution < 1.29 is 9.59 Å². The third-order valence-electron chi connectivity index (χ3n) is 5.24. The van der Waals surface area contributed by atoms with Crippen LogP contribution in [-0.4, -0.2) is 50.6 Å². The molecule has 1 atom stereocenters. The summed E-state index contributed by atoms with van der Waals surface area (Å²) in [5, 5.41) is 7.25. The van der Waals surface area contributed by atoms with Gasteiger partial charge in [0.2, 0.25) is 11.7 Å². The molecule has 25 heavy (non-hydrogen) atoms. The van der Waals surface area contributed by atoms with Gasteiger partial charge in [-0.2, -0.15) is 0 Å². The number of nitrogens with one attached hydrogen (secondary N) is 1. The van der Waals surface area contributed by atoms with E-state index in [1.165, 1.54) is 19.3 Å². The predicted molar refractivity (Wildman–Crippen MR) is 94.0 cm³/mol. The molecule has 1 N–H and O–H groups in total. The van der Waals surface area contributed by atoms with E-state index in [-0.39, 0.29) is 23.2 Å². The fraction of sp³-hybridized carbons (Fsp3) is 0.778. The number of nitrogens with zero attached hydrogens (tertiary/aromatic N) is 4. The summed E-state index contributed by atoms with van der Waals surface area (Å²) in [5.74, 6) is 0.426. The molecule has 2 aliphatic rings. The Hall–Kier alpha value is -1.92. The summed E-state index contributed by atoms with van der Waals surface area (Å²) in [5.41, 5.74) is -0.230. The Bertz CT molecular complexity index is 628. The van der Waals surface area contributed by atoms with Crippen LogP contribution in [0.2, 0.25) is 0 Å². The predicted octanol–water partition coefficient (Wildman–Crippen LogP) is 1.94. The van der Waals surface area contributed by atoms with Crippen molar-refractivity contribution in [1.82, 2.24) is 25.0 Å². The summed E-state index contributed by atoms with van der Waals surface area (Å²) in [6, 6.07) is -0.397. The Balaban J connectivity index is 1.76. The molecular formula is C18H29N5O2. The second-order valence-electron chi connectivity index (χ2n) is 8.23. The van der Waals surface area contributed by atoms with Crippen molar-refractivity contribution in [2.45, 2.75) is 70.9 Å². The van der Waals surface area contributed by atoms with Gasteiger partial charge in [0.05, 0.1) is 5.54 Å². The van der Waals surface area contributed by atoms with Gasteiger partial charge in [-0.15, -0.1) is 5.10 Å². The first-order chi connectivity index (χ1) is 11.9. The highest BCUT2D eigenvalue weighted by atomic mass is 16.2. The third-order valence-corrected chi connectivity index (χ3v) is 5.24. The van der Waals surface area contributed by atoms with E-state index in [4.69, 9.17) is 0 Å². The molecular weight excluding hydrogens is 318 g/mol. The summed E-state index contributed by atoms with van der Waals surface area (Å²) >= 11 is 0. The van der Waals surface area contributed by atoms with Gasteiger partial charge >= 0.3 is 0 Å². The zero-order chi connectivity index (χ0) is 18.0. The van der Waals surface area contributed by atoms with Crippen molar-refractivity contribution in [2.24, 2.45) is 5.92 Å². The third kappa shape index (κ3) is 4.02. The van der Waals surface area contributed by atoms with Crippen molar-refractivity contribution in [1.29, 1.82) is 0 Å². The molecule has 1 aliphatic carbocycles. The fourth-order valence-electron chi connectivity index (χ4n) is 3.74. The minimum Gasteiger partial charge on any atom is -0.353 e. The van der Waals surface area contributed by atoms with E-state index in [1.807, 2.05) is 20.8 Å². The fourth-order valence-corrected chi connectivity index (χ4v) is 3.74. The molecule has 3 rings (SSSR count). The topological polar surface area (TPSA) is 80.1 Å². The maximum absolute atomic E-state index is 12.9. The van der Waals surface area contributed by atoms with Crippen molar-refractivity contribution in [2.75, 3.05) is 13.1 Å². The standard InChI is InChI=1S/C18H29N5O2/c1-18(2,3)23-12-20-15(21-23)17(25)22-10-9-19-16(24)14(22)11-13-7-5-4-6-8-13/h12-14H,4-11H2,1-3H3,(H,19,24)/t14-/m1/s1. The molecule has 0 aromatic carbocycles. The molecule has 1 aromatic rings. The van der Waals surface area contributed by atoms with Crippen LogP contribution in [0.5, 0.6) is 0 Å². The Morgan fingerprint density at radius 3 is 2.64 bits per heavy atom. The van der Waals surface area contributed by atoms with Crippen LogP contribution in [-0.2, 0) is 10.3 Å². The second kappa shape index (κ2) is 7.14. The molecule has 1 aliphatic heterocycles. The van der Waals surface area contributed by atoms with Crippen LogP contribution in [0.15, 0.2) is 6.33 Å². The van der Waals surface area contributed by atoms with Gasteiger partial charge in [-0.25, -0.2) is 9.67 Å². The summed E-state index contributed by atoms with van der Waals surface area (Å²) in [6.45, 7) is 7.04. The van der Waals surface area contributed by atoms with Crippen LogP contribution < -0.4 is 5.32 Å². The van der Waals surface area contributed by atoms with Crippen LogP contribution in [0.1, 0.15) is 69.9 Å². The van der Waals surface area contributed by atoms with E-state index in [0.717, 1.165) is 19.3 Å². The van der Waals surface area contributed by atoms with Crippen molar-refractivity contribution in [3.63, 3.8) is 0 Å². The largest absolute Gasteiger partial charge is 0.353 e. The number of carbonyl (C=O) groups is 2. The molecule has 0 bridgehead atoms. The second-order valence-corrected chi connectivity index (χ2v) is 8.23. The molecule has 2 fully saturated rings. The first kappa shape index (κ1) is 17.9. The Labute approximate surface area is 149 Å². The number of hydrogen-bond donors (Lipinski definition) is 1. The molecule has 1 saturated carbocycles. The van der Waals surface area contributed by atoms with E-state index < -0.39 is 6.04 Å². The summed E-state index contributed by atoms with van der Waals surface area (Å²) < 4.78 is 1.69. The quantitative estimate of drug-likeness (QED) is 0.906. The van der Waals surface area contributed by atoms with Gasteiger partial charge in [-0.1, -0.05) is 32.1 Å². The van der Waals surface area contributed by atoms with Crippen LogP contribution in [0.3, 0.4) is 0 Å². The van der Waals surface area contributed by atoms with Gasteiger partial charge in [-0.3, -0.25) is 9.59 Å². The number of hydrogen-bond acceptors (Lipinski definition) is 4. The minimum absolute atomic E-state index is 0.0413. The van der Waals surface area contributed by atoms with Crippen LogP contribution in [0.4, 0.5) is 0 Å². The lowest BCUT2D eigenvalue weighted by atomic mass is 9.84. The van der Waals surface area contributed by atoms with E-state index in [9.17, 15) is 9.59 Å². The molecule has 2 heterocycles. The highest BCUT2D eigenvalue weighted by molar-refractivity contribution is 5.95. The van der Waals surface area contributed by atoms with E-state index in [2.05, 4.69) is 15.4 Å². The van der Waals surface area contributed by atoms with E-state index in [1.54, 1.807) is 15.9 Å². The highest BCUT2D eigenvalue weighted by Crippen LogP contribution is 2.29. The maximum atomic E-state index is 12.9. The molecule has 0 unspecified atom stereocenters. The number of carbonyl (C=O) groups excluding carboxylic acids is 2. The molecule has 1 saturated heterocycles. The van der Waals surface area contributed by atoms with Gasteiger partial charge in [0, 0.05) is 13.1 Å². The summed E-state index contributed by atoms with van der Waals surface area (Å²) in [4.78, 5) is 31.2. The SMILES string of the molecule is CC(C)(C)n1cnc(C(=O)N2CCNC(=O)[C@H]2CC2CCCCC2)n1. The normalized spacial score (nSPS) is 22.8. The molecule has 1 aromatic heterocycles. The Kier molecular flexibility index (Phi) is 5.11. The number of amides is 2. The molecule has 7 nitrogen and oxygen atoms in total. The Morgan fingerprint density at radius 1 is 1.28 bits per heavy atom. The lowest BCUT2D eigenvalue weighted by Crippen LogP contribution is -2.58. The lowest BCUT2D eigenvalue weighted by Gasteiger charge is -2.37. The molecule has 138 valence electrons.